The minimum Gasteiger partial charge on any atom is -0.457 e. The van der Waals surface area contributed by atoms with Crippen molar-refractivity contribution >= 4 is 24.2 Å². The summed E-state index contributed by atoms with van der Waals surface area (Å²) in [6.07, 6.45) is 0.644. The molecule has 0 saturated heterocycles. The zero-order chi connectivity index (χ0) is 21.1. The Labute approximate surface area is 196 Å². The van der Waals surface area contributed by atoms with Crippen molar-refractivity contribution in [3.63, 3.8) is 0 Å². The largest absolute Gasteiger partial charge is 0.457 e. The molecule has 0 aromatic heterocycles. The molecule has 0 aliphatic carbocycles. The SMILES string of the molecule is CCNC(=O)OCc1c[c-]c2c(c1)C(=O)N(C(CCC=O)C(=O)NC)C2.CN.[Y]. The fourth-order valence-corrected chi connectivity index (χ4v) is 2.79. The Morgan fingerprint density at radius 1 is 1.41 bits per heavy atom. The minimum atomic E-state index is -0.714. The molecule has 10 heteroatoms. The van der Waals surface area contributed by atoms with E-state index in [1.165, 1.54) is 19.0 Å². The molecule has 0 bridgehead atoms. The number of ether oxygens (including phenoxy) is 1. The van der Waals surface area contributed by atoms with Crippen LogP contribution in [0.5, 0.6) is 0 Å². The summed E-state index contributed by atoms with van der Waals surface area (Å²) >= 11 is 0. The number of aldehydes is 1. The third-order valence-electron chi connectivity index (χ3n) is 4.08. The minimum absolute atomic E-state index is 0. The van der Waals surface area contributed by atoms with Gasteiger partial charge in [-0.25, -0.2) is 4.79 Å². The van der Waals surface area contributed by atoms with E-state index in [0.29, 0.717) is 23.2 Å². The van der Waals surface area contributed by atoms with Crippen LogP contribution in [-0.4, -0.2) is 55.8 Å². The summed E-state index contributed by atoms with van der Waals surface area (Å²) in [5.74, 6) is -0.608. The number of nitrogens with two attached hydrogens (primary N) is 1. The van der Waals surface area contributed by atoms with Gasteiger partial charge in [0, 0.05) is 59.3 Å². The third-order valence-corrected chi connectivity index (χ3v) is 4.08. The van der Waals surface area contributed by atoms with Gasteiger partial charge in [0.1, 0.15) is 12.3 Å². The van der Waals surface area contributed by atoms with Gasteiger partial charge in [-0.15, -0.1) is 11.1 Å². The van der Waals surface area contributed by atoms with E-state index in [1.807, 2.05) is 0 Å². The number of fused-ring (bicyclic) bond motifs is 1. The summed E-state index contributed by atoms with van der Waals surface area (Å²) in [6.45, 7) is 2.52. The van der Waals surface area contributed by atoms with E-state index in [1.54, 1.807) is 19.1 Å². The number of benzene rings is 1. The first-order chi connectivity index (χ1) is 13.5. The molecule has 1 atom stereocenters. The van der Waals surface area contributed by atoms with Crippen LogP contribution < -0.4 is 16.4 Å². The summed E-state index contributed by atoms with van der Waals surface area (Å²) < 4.78 is 5.05. The second-order valence-electron chi connectivity index (χ2n) is 5.81. The van der Waals surface area contributed by atoms with Crippen molar-refractivity contribution in [2.45, 2.75) is 39.0 Å². The number of nitrogens with one attached hydrogen (secondary N) is 2. The second-order valence-corrected chi connectivity index (χ2v) is 5.81. The van der Waals surface area contributed by atoms with E-state index in [4.69, 9.17) is 4.74 Å². The molecule has 1 aromatic rings. The van der Waals surface area contributed by atoms with Crippen molar-refractivity contribution in [2.24, 2.45) is 5.73 Å². The smallest absolute Gasteiger partial charge is 0.406 e. The van der Waals surface area contributed by atoms with Crippen LogP contribution in [0.3, 0.4) is 0 Å². The number of likely N-dealkylation sites (N-methyl/N-ethyl adjacent to an activating group) is 1. The zero-order valence-electron chi connectivity index (χ0n) is 17.0. The molecule has 1 heterocycles. The average molecular weight is 480 g/mol. The van der Waals surface area contributed by atoms with Crippen LogP contribution in [0.2, 0.25) is 0 Å². The molecule has 1 aliphatic heterocycles. The number of hydrogen-bond donors (Lipinski definition) is 3. The Balaban J connectivity index is 0.00000253. The molecule has 3 amide bonds. The van der Waals surface area contributed by atoms with Crippen molar-refractivity contribution in [2.75, 3.05) is 20.6 Å². The molecule has 0 spiro atoms. The first kappa shape index (κ1) is 27.2. The maximum absolute atomic E-state index is 12.7. The second kappa shape index (κ2) is 14.2. The molecule has 157 valence electrons. The van der Waals surface area contributed by atoms with Crippen LogP contribution in [0, 0.1) is 6.07 Å². The van der Waals surface area contributed by atoms with Gasteiger partial charge < -0.3 is 30.8 Å². The number of amides is 3. The Bertz CT molecular complexity index is 714. The molecule has 1 unspecified atom stereocenters. The number of rotatable bonds is 8. The maximum Gasteiger partial charge on any atom is 0.406 e. The Morgan fingerprint density at radius 3 is 2.69 bits per heavy atom. The number of hydrogen-bond acceptors (Lipinski definition) is 6. The van der Waals surface area contributed by atoms with E-state index >= 15 is 0 Å². The van der Waals surface area contributed by atoms with Gasteiger partial charge in [-0.3, -0.25) is 9.59 Å². The number of carbonyl (C=O) groups excluding carboxylic acids is 4. The van der Waals surface area contributed by atoms with Crippen LogP contribution in [0.1, 0.15) is 41.3 Å². The third kappa shape index (κ3) is 7.49. The number of nitrogens with zero attached hydrogens (tertiary/aromatic N) is 1. The van der Waals surface area contributed by atoms with Crippen LogP contribution in [0.25, 0.3) is 0 Å². The molecule has 2 rings (SSSR count). The summed E-state index contributed by atoms with van der Waals surface area (Å²) in [5.41, 5.74) is 6.24. The molecule has 9 nitrogen and oxygen atoms in total. The standard InChI is InChI=1S/C18H22N3O5.CH5N.Y/c1-3-20-18(25)26-11-12-6-7-13-10-21(17(24)14(13)9-12)15(5-4-8-22)16(23)19-2;1-2;/h6,8-9,15H,3-5,10-11H2,1-2H3,(H,19,23)(H,20,25);2H2,1H3;/q-1;;. The monoisotopic (exact) mass is 480 g/mol. The van der Waals surface area contributed by atoms with Crippen molar-refractivity contribution in [1.29, 1.82) is 0 Å². The van der Waals surface area contributed by atoms with Gasteiger partial charge in [0.25, 0.3) is 0 Å². The van der Waals surface area contributed by atoms with Crippen molar-refractivity contribution in [3.8, 4) is 0 Å². The molecule has 4 N–H and O–H groups in total. The van der Waals surface area contributed by atoms with E-state index < -0.39 is 12.1 Å². The fourth-order valence-electron chi connectivity index (χ4n) is 2.79. The van der Waals surface area contributed by atoms with Crippen LogP contribution in [0.15, 0.2) is 12.1 Å². The molecule has 1 aliphatic rings. The van der Waals surface area contributed by atoms with E-state index in [0.717, 1.165) is 6.29 Å². The maximum atomic E-state index is 12.7. The molecule has 0 fully saturated rings. The van der Waals surface area contributed by atoms with Crippen LogP contribution in [0.4, 0.5) is 4.79 Å². The molecule has 1 radical (unpaired) electrons. The molecule has 0 saturated carbocycles. The molecular weight excluding hydrogens is 453 g/mol. The van der Waals surface area contributed by atoms with Crippen molar-refractivity contribution < 1.29 is 56.6 Å². The van der Waals surface area contributed by atoms with Gasteiger partial charge >= 0.3 is 6.09 Å². The van der Waals surface area contributed by atoms with E-state index in [-0.39, 0.29) is 70.5 Å². The van der Waals surface area contributed by atoms with Gasteiger partial charge in [-0.2, -0.15) is 18.2 Å². The quantitative estimate of drug-likeness (QED) is 0.364. The van der Waals surface area contributed by atoms with Crippen molar-refractivity contribution in [3.05, 3.63) is 34.9 Å². The van der Waals surface area contributed by atoms with Gasteiger partial charge in [-0.1, -0.05) is 5.56 Å². The predicted molar refractivity (Wildman–Crippen MR) is 102 cm³/mol. The molecular formula is C19H27N4O5Y-. The normalized spacial score (nSPS) is 12.6. The number of carbonyl (C=O) groups is 4. The molecule has 29 heavy (non-hydrogen) atoms. The summed E-state index contributed by atoms with van der Waals surface area (Å²) in [6, 6.07) is 5.62. The van der Waals surface area contributed by atoms with Gasteiger partial charge in [-0.05, 0) is 20.4 Å². The topological polar surface area (TPSA) is 131 Å². The molecule has 1 aromatic carbocycles. The van der Waals surface area contributed by atoms with Gasteiger partial charge in [0.05, 0.1) is 6.61 Å². The average Bonchev–Trinajstić information content (AvgIpc) is 3.04. The predicted octanol–water partition coefficient (Wildman–Crippen LogP) is 0.355. The first-order valence-corrected chi connectivity index (χ1v) is 8.99. The van der Waals surface area contributed by atoms with Gasteiger partial charge in [0.2, 0.25) is 5.91 Å². The summed E-state index contributed by atoms with van der Waals surface area (Å²) in [4.78, 5) is 48.3. The summed E-state index contributed by atoms with van der Waals surface area (Å²) in [7, 11) is 2.99. The Morgan fingerprint density at radius 2 is 2.10 bits per heavy atom. The Hall–Kier alpha value is -1.84. The summed E-state index contributed by atoms with van der Waals surface area (Å²) in [5, 5.41) is 5.05. The van der Waals surface area contributed by atoms with Gasteiger partial charge in [0.15, 0.2) is 5.91 Å². The van der Waals surface area contributed by atoms with Crippen LogP contribution in [-0.2, 0) is 60.2 Å². The van der Waals surface area contributed by atoms with E-state index in [2.05, 4.69) is 22.4 Å². The van der Waals surface area contributed by atoms with Crippen molar-refractivity contribution in [1.82, 2.24) is 15.5 Å². The van der Waals surface area contributed by atoms with E-state index in [9.17, 15) is 19.2 Å². The van der Waals surface area contributed by atoms with Crippen LogP contribution >= 0.6 is 0 Å². The fraction of sp³-hybridized carbons (Fsp3) is 0.474. The number of alkyl carbamates (subject to hydrolysis) is 1. The Kier molecular flexibility index (Phi) is 13.3. The zero-order valence-corrected chi connectivity index (χ0v) is 19.8. The first-order valence-electron chi connectivity index (χ1n) is 8.99.